The van der Waals surface area contributed by atoms with Gasteiger partial charge in [0.1, 0.15) is 0 Å². The van der Waals surface area contributed by atoms with E-state index in [0.717, 1.165) is 25.7 Å². The van der Waals surface area contributed by atoms with Crippen molar-refractivity contribution in [1.82, 2.24) is 10.0 Å². The maximum absolute atomic E-state index is 12.4. The third-order valence-electron chi connectivity index (χ3n) is 4.41. The first-order valence-electron chi connectivity index (χ1n) is 8.98. The highest BCUT2D eigenvalue weighted by atomic mass is 32.2. The zero-order valence-electron chi connectivity index (χ0n) is 15.2. The Labute approximate surface area is 155 Å². The van der Waals surface area contributed by atoms with Gasteiger partial charge >= 0.3 is 0 Å². The van der Waals surface area contributed by atoms with Crippen molar-refractivity contribution in [2.24, 2.45) is 0 Å². The predicted octanol–water partition coefficient (Wildman–Crippen LogP) is 2.15. The fourth-order valence-electron chi connectivity index (χ4n) is 3.02. The molecule has 0 radical (unpaired) electrons. The number of carbonyl (C=O) groups is 2. The number of rotatable bonds is 6. The van der Waals surface area contributed by atoms with Crippen LogP contribution in [-0.4, -0.2) is 32.3 Å². The zero-order chi connectivity index (χ0) is 19.2. The molecule has 1 aromatic rings. The molecule has 1 aliphatic carbocycles. The van der Waals surface area contributed by atoms with Crippen molar-refractivity contribution in [3.8, 4) is 0 Å². The third-order valence-corrected chi connectivity index (χ3v) is 5.97. The summed E-state index contributed by atoms with van der Waals surface area (Å²) in [5.74, 6) is -0.544. The molecule has 2 amide bonds. The zero-order valence-corrected chi connectivity index (χ0v) is 16.1. The van der Waals surface area contributed by atoms with Crippen LogP contribution in [0.2, 0.25) is 0 Å². The smallest absolute Gasteiger partial charge is 0.241 e. The van der Waals surface area contributed by atoms with Gasteiger partial charge < -0.3 is 10.6 Å². The van der Waals surface area contributed by atoms with Crippen LogP contribution in [0.1, 0.15) is 52.4 Å². The lowest BCUT2D eigenvalue weighted by Crippen LogP contribution is -2.47. The Balaban J connectivity index is 1.96. The summed E-state index contributed by atoms with van der Waals surface area (Å²) in [6, 6.07) is 5.05. The number of nitrogens with one attached hydrogen (secondary N) is 3. The standard InChI is InChI=1S/C18H27N3O4S/c1-13(18(23)20-15-7-5-3-4-6-8-15)21-26(24,25)17-11-9-16(10-12-17)19-14(2)22/h9-13,15,21H,3-8H2,1-2H3,(H,19,22)(H,20,23)/t13-/m1/s1. The van der Waals surface area contributed by atoms with Crippen molar-refractivity contribution < 1.29 is 18.0 Å². The second kappa shape index (κ2) is 9.14. The SMILES string of the molecule is CC(=O)Nc1ccc(S(=O)(=O)N[C@H](C)C(=O)NC2CCCCCC2)cc1. The van der Waals surface area contributed by atoms with E-state index in [1.165, 1.54) is 51.0 Å². The Morgan fingerprint density at radius 1 is 1.04 bits per heavy atom. The molecule has 8 heteroatoms. The quantitative estimate of drug-likeness (QED) is 0.657. The molecule has 7 nitrogen and oxygen atoms in total. The number of carbonyl (C=O) groups excluding carboxylic acids is 2. The highest BCUT2D eigenvalue weighted by molar-refractivity contribution is 7.89. The molecule has 0 heterocycles. The first kappa shape index (κ1) is 20.4. The van der Waals surface area contributed by atoms with Crippen LogP contribution in [0.15, 0.2) is 29.2 Å². The minimum absolute atomic E-state index is 0.0423. The van der Waals surface area contributed by atoms with Crippen molar-refractivity contribution in [2.75, 3.05) is 5.32 Å². The molecule has 0 spiro atoms. The van der Waals surface area contributed by atoms with Crippen LogP contribution in [0.5, 0.6) is 0 Å². The molecule has 3 N–H and O–H groups in total. The van der Waals surface area contributed by atoms with Crippen LogP contribution in [-0.2, 0) is 19.6 Å². The van der Waals surface area contributed by atoms with Crippen molar-refractivity contribution in [2.45, 2.75) is 69.4 Å². The van der Waals surface area contributed by atoms with Crippen molar-refractivity contribution in [3.05, 3.63) is 24.3 Å². The van der Waals surface area contributed by atoms with Crippen molar-refractivity contribution in [1.29, 1.82) is 0 Å². The van der Waals surface area contributed by atoms with E-state index in [0.29, 0.717) is 5.69 Å². The molecular weight excluding hydrogens is 354 g/mol. The highest BCUT2D eigenvalue weighted by Gasteiger charge is 2.24. The van der Waals surface area contributed by atoms with Crippen LogP contribution in [0, 0.1) is 0 Å². The summed E-state index contributed by atoms with van der Waals surface area (Å²) in [6.45, 7) is 2.91. The van der Waals surface area contributed by atoms with Gasteiger partial charge in [0, 0.05) is 18.7 Å². The lowest BCUT2D eigenvalue weighted by molar-refractivity contribution is -0.123. The van der Waals surface area contributed by atoms with E-state index in [1.807, 2.05) is 0 Å². The van der Waals surface area contributed by atoms with E-state index < -0.39 is 16.1 Å². The van der Waals surface area contributed by atoms with Gasteiger partial charge in [0.15, 0.2) is 0 Å². The molecule has 1 saturated carbocycles. The van der Waals surface area contributed by atoms with Gasteiger partial charge in [-0.25, -0.2) is 8.42 Å². The van der Waals surface area contributed by atoms with Gasteiger partial charge in [0.2, 0.25) is 21.8 Å². The third kappa shape index (κ3) is 6.10. The number of benzene rings is 1. The van der Waals surface area contributed by atoms with Gasteiger partial charge in [-0.1, -0.05) is 25.7 Å². The molecule has 0 aliphatic heterocycles. The van der Waals surface area contributed by atoms with Crippen LogP contribution < -0.4 is 15.4 Å². The van der Waals surface area contributed by atoms with E-state index in [4.69, 9.17) is 0 Å². The summed E-state index contributed by atoms with van der Waals surface area (Å²) in [4.78, 5) is 23.4. The molecule has 1 fully saturated rings. The van der Waals surface area contributed by atoms with Crippen LogP contribution >= 0.6 is 0 Å². The fourth-order valence-corrected chi connectivity index (χ4v) is 4.23. The van der Waals surface area contributed by atoms with E-state index in [1.54, 1.807) is 0 Å². The molecule has 26 heavy (non-hydrogen) atoms. The molecule has 0 saturated heterocycles. The Morgan fingerprint density at radius 3 is 2.15 bits per heavy atom. The number of anilines is 1. The lowest BCUT2D eigenvalue weighted by atomic mass is 10.1. The number of hydrogen-bond donors (Lipinski definition) is 3. The monoisotopic (exact) mass is 381 g/mol. The molecule has 0 unspecified atom stereocenters. The average Bonchev–Trinajstić information content (AvgIpc) is 2.83. The highest BCUT2D eigenvalue weighted by Crippen LogP contribution is 2.18. The molecule has 2 rings (SSSR count). The van der Waals surface area contributed by atoms with Crippen LogP contribution in [0.25, 0.3) is 0 Å². The summed E-state index contributed by atoms with van der Waals surface area (Å²) >= 11 is 0. The van der Waals surface area contributed by atoms with Gasteiger partial charge in [0.05, 0.1) is 10.9 Å². The Kier molecular flexibility index (Phi) is 7.16. The van der Waals surface area contributed by atoms with E-state index in [9.17, 15) is 18.0 Å². The van der Waals surface area contributed by atoms with Gasteiger partial charge in [-0.15, -0.1) is 0 Å². The topological polar surface area (TPSA) is 104 Å². The van der Waals surface area contributed by atoms with Gasteiger partial charge in [0.25, 0.3) is 0 Å². The summed E-state index contributed by atoms with van der Waals surface area (Å²) < 4.78 is 27.3. The average molecular weight is 381 g/mol. The minimum Gasteiger partial charge on any atom is -0.352 e. The molecule has 1 atom stereocenters. The first-order chi connectivity index (χ1) is 12.3. The molecular formula is C18H27N3O4S. The van der Waals surface area contributed by atoms with Crippen molar-refractivity contribution in [3.63, 3.8) is 0 Å². The Morgan fingerprint density at radius 2 is 1.62 bits per heavy atom. The molecule has 0 bridgehead atoms. The molecule has 1 aromatic carbocycles. The molecule has 144 valence electrons. The van der Waals surface area contributed by atoms with E-state index >= 15 is 0 Å². The normalized spacial score (nSPS) is 17.2. The summed E-state index contributed by atoms with van der Waals surface area (Å²) in [6.07, 6.45) is 6.43. The van der Waals surface area contributed by atoms with Gasteiger partial charge in [-0.3, -0.25) is 9.59 Å². The second-order valence-electron chi connectivity index (χ2n) is 6.75. The largest absolute Gasteiger partial charge is 0.352 e. The number of amides is 2. The minimum atomic E-state index is -3.82. The first-order valence-corrected chi connectivity index (χ1v) is 10.5. The van der Waals surface area contributed by atoms with E-state index in [-0.39, 0.29) is 22.8 Å². The second-order valence-corrected chi connectivity index (χ2v) is 8.46. The molecule has 1 aliphatic rings. The summed E-state index contributed by atoms with van der Waals surface area (Å²) in [5, 5.41) is 5.52. The van der Waals surface area contributed by atoms with Crippen molar-refractivity contribution >= 4 is 27.5 Å². The Hall–Kier alpha value is -1.93. The lowest BCUT2D eigenvalue weighted by Gasteiger charge is -2.20. The number of hydrogen-bond acceptors (Lipinski definition) is 4. The fraction of sp³-hybridized carbons (Fsp3) is 0.556. The van der Waals surface area contributed by atoms with Crippen LogP contribution in [0.4, 0.5) is 5.69 Å². The Bertz CT molecular complexity index is 723. The maximum atomic E-state index is 12.4. The van der Waals surface area contributed by atoms with Crippen LogP contribution in [0.3, 0.4) is 0 Å². The number of sulfonamides is 1. The maximum Gasteiger partial charge on any atom is 0.241 e. The summed E-state index contributed by atoms with van der Waals surface area (Å²) in [5.41, 5.74) is 0.510. The summed E-state index contributed by atoms with van der Waals surface area (Å²) in [7, 11) is -3.82. The van der Waals surface area contributed by atoms with Gasteiger partial charge in [-0.05, 0) is 44.0 Å². The predicted molar refractivity (Wildman–Crippen MR) is 100 cm³/mol. The van der Waals surface area contributed by atoms with E-state index in [2.05, 4.69) is 15.4 Å². The molecule has 0 aromatic heterocycles. The van der Waals surface area contributed by atoms with Gasteiger partial charge in [-0.2, -0.15) is 4.72 Å².